The highest BCUT2D eigenvalue weighted by molar-refractivity contribution is 5.85. The number of hydrogen-bond donors (Lipinski definition) is 1. The lowest BCUT2D eigenvalue weighted by Crippen LogP contribution is -2.38. The molecular weight excluding hydrogens is 422 g/mol. The minimum Gasteiger partial charge on any atom is -0.492 e. The molecule has 162 valence electrons. The second-order valence-electron chi connectivity index (χ2n) is 6.93. The minimum absolute atomic E-state index is 0. The smallest absolute Gasteiger partial charge is 0.199 e. The van der Waals surface area contributed by atoms with Crippen molar-refractivity contribution in [2.45, 2.75) is 0 Å². The minimum atomic E-state index is 0. The van der Waals surface area contributed by atoms with E-state index in [1.807, 2.05) is 34.9 Å². The van der Waals surface area contributed by atoms with Gasteiger partial charge in [-0.2, -0.15) is 0 Å². The number of aromatic nitrogens is 5. The van der Waals surface area contributed by atoms with E-state index in [1.54, 1.807) is 12.4 Å². The molecule has 3 aromatic heterocycles. The van der Waals surface area contributed by atoms with Crippen molar-refractivity contribution in [3.63, 3.8) is 0 Å². The van der Waals surface area contributed by atoms with Crippen molar-refractivity contribution in [3.05, 3.63) is 42.7 Å². The molecule has 10 nitrogen and oxygen atoms in total. The normalized spacial score (nSPS) is 14.5. The van der Waals surface area contributed by atoms with Gasteiger partial charge in [0, 0.05) is 31.5 Å². The fourth-order valence-electron chi connectivity index (χ4n) is 3.51. The van der Waals surface area contributed by atoms with E-state index in [-0.39, 0.29) is 18.2 Å². The topological polar surface area (TPSA) is 117 Å². The van der Waals surface area contributed by atoms with Gasteiger partial charge in [0.1, 0.15) is 17.9 Å². The van der Waals surface area contributed by atoms with Crippen LogP contribution in [0.25, 0.3) is 28.2 Å². The Hall–Kier alpha value is -3.21. The molecule has 31 heavy (non-hydrogen) atoms. The van der Waals surface area contributed by atoms with Crippen LogP contribution in [0.1, 0.15) is 0 Å². The molecule has 0 unspecified atom stereocenters. The zero-order valence-electron chi connectivity index (χ0n) is 16.7. The summed E-state index contributed by atoms with van der Waals surface area (Å²) in [5.41, 5.74) is 8.79. The molecule has 0 radical (unpaired) electrons. The Morgan fingerprint density at radius 2 is 1.87 bits per heavy atom. The second kappa shape index (κ2) is 9.29. The molecule has 1 aromatic carbocycles. The third-order valence-corrected chi connectivity index (χ3v) is 5.06. The fraction of sp³-hybridized carbons (Fsp3) is 0.300. The number of morpholine rings is 1. The van der Waals surface area contributed by atoms with Crippen LogP contribution in [0.3, 0.4) is 0 Å². The van der Waals surface area contributed by atoms with Gasteiger partial charge in [-0.3, -0.25) is 14.5 Å². The quantitative estimate of drug-likeness (QED) is 0.478. The maximum atomic E-state index is 5.92. The van der Waals surface area contributed by atoms with Gasteiger partial charge in [-0.05, 0) is 40.6 Å². The van der Waals surface area contributed by atoms with Crippen molar-refractivity contribution in [3.8, 4) is 23.0 Å². The summed E-state index contributed by atoms with van der Waals surface area (Å²) in [6.45, 7) is 4.99. The lowest BCUT2D eigenvalue weighted by molar-refractivity contribution is 0.0322. The number of halogens is 1. The van der Waals surface area contributed by atoms with Gasteiger partial charge in [-0.15, -0.1) is 12.4 Å². The predicted molar refractivity (Wildman–Crippen MR) is 117 cm³/mol. The van der Waals surface area contributed by atoms with Gasteiger partial charge < -0.3 is 15.2 Å². The van der Waals surface area contributed by atoms with Crippen LogP contribution in [0, 0.1) is 0 Å². The number of rotatable bonds is 6. The number of nitrogens with two attached hydrogens (primary N) is 1. The van der Waals surface area contributed by atoms with Crippen molar-refractivity contribution in [1.29, 1.82) is 0 Å². The van der Waals surface area contributed by atoms with E-state index in [9.17, 15) is 0 Å². The first-order chi connectivity index (χ1) is 14.8. The molecule has 4 heterocycles. The first-order valence-corrected chi connectivity index (χ1v) is 9.74. The molecule has 4 aromatic rings. The summed E-state index contributed by atoms with van der Waals surface area (Å²) >= 11 is 0. The molecule has 0 spiro atoms. The summed E-state index contributed by atoms with van der Waals surface area (Å²) in [5, 5.41) is 7.59. The largest absolute Gasteiger partial charge is 0.492 e. The summed E-state index contributed by atoms with van der Waals surface area (Å²) in [4.78, 5) is 11.1. The Morgan fingerprint density at radius 1 is 1.06 bits per heavy atom. The maximum absolute atomic E-state index is 5.92. The molecule has 0 saturated carbocycles. The molecule has 0 bridgehead atoms. The summed E-state index contributed by atoms with van der Waals surface area (Å²) < 4.78 is 18.0. The molecule has 11 heteroatoms. The Kier molecular flexibility index (Phi) is 6.31. The summed E-state index contributed by atoms with van der Waals surface area (Å²) in [6.07, 6.45) is 3.42. The number of imidazole rings is 1. The van der Waals surface area contributed by atoms with Crippen molar-refractivity contribution >= 4 is 29.3 Å². The van der Waals surface area contributed by atoms with Gasteiger partial charge in [-0.25, -0.2) is 9.61 Å². The average molecular weight is 444 g/mol. The van der Waals surface area contributed by atoms with E-state index in [2.05, 4.69) is 25.2 Å². The second-order valence-corrected chi connectivity index (χ2v) is 6.93. The number of nitrogens with zero attached hydrogens (tertiary/aromatic N) is 6. The molecule has 1 aliphatic rings. The predicted octanol–water partition coefficient (Wildman–Crippen LogP) is 2.19. The molecule has 5 rings (SSSR count). The van der Waals surface area contributed by atoms with E-state index in [4.69, 9.17) is 19.8 Å². The molecular formula is C20H22ClN7O3. The SMILES string of the molecule is Cl.Nc1nonc1-c1nc2cnccc2n1-c1ccc(OCCN2CCOCC2)cc1. The zero-order valence-corrected chi connectivity index (χ0v) is 17.5. The van der Waals surface area contributed by atoms with Crippen LogP contribution in [-0.4, -0.2) is 69.2 Å². The Bertz CT molecular complexity index is 1140. The number of ether oxygens (including phenoxy) is 2. The molecule has 1 saturated heterocycles. The van der Waals surface area contributed by atoms with Crippen molar-refractivity contribution in [2.24, 2.45) is 0 Å². The number of pyridine rings is 1. The van der Waals surface area contributed by atoms with Gasteiger partial charge >= 0.3 is 0 Å². The lowest BCUT2D eigenvalue weighted by atomic mass is 10.2. The zero-order chi connectivity index (χ0) is 20.3. The van der Waals surface area contributed by atoms with Crippen LogP contribution >= 0.6 is 12.4 Å². The van der Waals surface area contributed by atoms with Crippen LogP contribution in [0.2, 0.25) is 0 Å². The molecule has 1 aliphatic heterocycles. The van der Waals surface area contributed by atoms with Crippen LogP contribution < -0.4 is 10.5 Å². The average Bonchev–Trinajstić information content (AvgIpc) is 3.38. The standard InChI is InChI=1S/C20H21N7O3.ClH/c21-19-18(24-30-25-19)20-23-16-13-22-6-5-17(16)27(20)14-1-3-15(4-2-14)29-12-9-26-7-10-28-11-8-26;/h1-6,13H,7-12H2,(H2,21,25);1H. The molecule has 0 aliphatic carbocycles. The first-order valence-electron chi connectivity index (χ1n) is 9.74. The fourth-order valence-corrected chi connectivity index (χ4v) is 3.51. The first kappa shape index (κ1) is 21.0. The third kappa shape index (κ3) is 4.31. The van der Waals surface area contributed by atoms with E-state index >= 15 is 0 Å². The van der Waals surface area contributed by atoms with Gasteiger partial charge in [-0.1, -0.05) is 0 Å². The van der Waals surface area contributed by atoms with E-state index in [1.165, 1.54) is 0 Å². The Balaban J connectivity index is 0.00000231. The highest BCUT2D eigenvalue weighted by atomic mass is 35.5. The van der Waals surface area contributed by atoms with Crippen LogP contribution in [0.5, 0.6) is 5.75 Å². The van der Waals surface area contributed by atoms with Crippen molar-refractivity contribution in [2.75, 3.05) is 45.2 Å². The van der Waals surface area contributed by atoms with Gasteiger partial charge in [0.2, 0.25) is 0 Å². The monoisotopic (exact) mass is 443 g/mol. The van der Waals surface area contributed by atoms with Gasteiger partial charge in [0.15, 0.2) is 17.3 Å². The highest BCUT2D eigenvalue weighted by Gasteiger charge is 2.20. The summed E-state index contributed by atoms with van der Waals surface area (Å²) in [6, 6.07) is 9.71. The molecule has 0 amide bonds. The van der Waals surface area contributed by atoms with Crippen LogP contribution in [0.4, 0.5) is 5.82 Å². The van der Waals surface area contributed by atoms with E-state index in [0.717, 1.165) is 55.3 Å². The number of benzene rings is 1. The molecule has 1 fully saturated rings. The lowest BCUT2D eigenvalue weighted by Gasteiger charge is -2.26. The van der Waals surface area contributed by atoms with Gasteiger partial charge in [0.05, 0.1) is 24.9 Å². The number of nitrogen functional groups attached to an aromatic ring is 1. The van der Waals surface area contributed by atoms with E-state index < -0.39 is 0 Å². The van der Waals surface area contributed by atoms with E-state index in [0.29, 0.717) is 18.1 Å². The van der Waals surface area contributed by atoms with Gasteiger partial charge in [0.25, 0.3) is 0 Å². The van der Waals surface area contributed by atoms with Crippen LogP contribution in [0.15, 0.2) is 47.4 Å². The van der Waals surface area contributed by atoms with Crippen molar-refractivity contribution in [1.82, 2.24) is 29.7 Å². The Labute approximate surface area is 184 Å². The number of hydrogen-bond acceptors (Lipinski definition) is 9. The number of fused-ring (bicyclic) bond motifs is 1. The summed E-state index contributed by atoms with van der Waals surface area (Å²) in [7, 11) is 0. The number of anilines is 1. The molecule has 0 atom stereocenters. The Morgan fingerprint density at radius 3 is 2.61 bits per heavy atom. The maximum Gasteiger partial charge on any atom is 0.199 e. The summed E-state index contributed by atoms with van der Waals surface area (Å²) in [5.74, 6) is 1.53. The third-order valence-electron chi connectivity index (χ3n) is 5.06. The van der Waals surface area contributed by atoms with Crippen LogP contribution in [-0.2, 0) is 4.74 Å². The highest BCUT2D eigenvalue weighted by Crippen LogP contribution is 2.30. The molecule has 2 N–H and O–H groups in total. The van der Waals surface area contributed by atoms with Crippen molar-refractivity contribution < 1.29 is 14.1 Å².